The number of aliphatic hydroxyl groups excluding tert-OH is 1. The molecule has 1 aliphatic rings. The van der Waals surface area contributed by atoms with E-state index in [-0.39, 0.29) is 18.6 Å². The number of rotatable bonds is 3. The number of nitrogens with zero attached hydrogens (tertiary/aromatic N) is 4. The second-order valence-corrected chi connectivity index (χ2v) is 7.03. The van der Waals surface area contributed by atoms with E-state index in [1.54, 1.807) is 17.2 Å². The van der Waals surface area contributed by atoms with E-state index in [1.165, 1.54) is 0 Å². The third-order valence-corrected chi connectivity index (χ3v) is 4.88. The van der Waals surface area contributed by atoms with Gasteiger partial charge in [0.2, 0.25) is 0 Å². The second-order valence-electron chi connectivity index (χ2n) is 7.03. The lowest BCUT2D eigenvalue weighted by Gasteiger charge is -2.33. The Morgan fingerprint density at radius 3 is 2.61 bits per heavy atom. The van der Waals surface area contributed by atoms with E-state index in [1.807, 2.05) is 67.6 Å². The first-order chi connectivity index (χ1) is 13.6. The van der Waals surface area contributed by atoms with Gasteiger partial charge in [-0.2, -0.15) is 5.10 Å². The number of amides is 1. The van der Waals surface area contributed by atoms with Crippen LogP contribution in [0.3, 0.4) is 0 Å². The number of aromatic nitrogens is 3. The van der Waals surface area contributed by atoms with Gasteiger partial charge in [0.05, 0.1) is 24.9 Å². The molecule has 3 aromatic rings. The highest BCUT2D eigenvalue weighted by Gasteiger charge is 2.29. The zero-order valence-corrected chi connectivity index (χ0v) is 15.6. The van der Waals surface area contributed by atoms with Crippen LogP contribution in [-0.4, -0.2) is 49.7 Å². The molecule has 1 aromatic heterocycles. The van der Waals surface area contributed by atoms with Crippen molar-refractivity contribution in [3.63, 3.8) is 0 Å². The maximum atomic E-state index is 13.1. The van der Waals surface area contributed by atoms with Crippen LogP contribution in [0.2, 0.25) is 0 Å². The molecule has 4 rings (SSSR count). The molecule has 142 valence electrons. The largest absolute Gasteiger partial charge is 0.387 e. The van der Waals surface area contributed by atoms with E-state index < -0.39 is 6.10 Å². The van der Waals surface area contributed by atoms with Gasteiger partial charge < -0.3 is 10.0 Å². The summed E-state index contributed by atoms with van der Waals surface area (Å²) in [5.41, 5.74) is 3.83. The van der Waals surface area contributed by atoms with Gasteiger partial charge in [-0.3, -0.25) is 0 Å². The van der Waals surface area contributed by atoms with Crippen LogP contribution in [0.5, 0.6) is 0 Å². The Balaban J connectivity index is 1.56. The number of carbonyl (C=O) groups is 1. The molecule has 0 bridgehead atoms. The van der Waals surface area contributed by atoms with E-state index in [9.17, 15) is 9.90 Å². The van der Waals surface area contributed by atoms with Crippen molar-refractivity contribution in [1.82, 2.24) is 19.9 Å². The number of aliphatic hydroxyl groups is 1. The SMILES string of the molecule is Cc1ccc(-c2cnn(C(=O)N3C[C@@H](O)C=C[C@@H]3Cc3ccccc3)n2)cc1. The molecule has 0 aliphatic carbocycles. The van der Waals surface area contributed by atoms with Crippen molar-refractivity contribution in [1.29, 1.82) is 0 Å². The summed E-state index contributed by atoms with van der Waals surface area (Å²) in [5.74, 6) is 0. The fourth-order valence-electron chi connectivity index (χ4n) is 3.34. The van der Waals surface area contributed by atoms with Gasteiger partial charge in [-0.05, 0) is 18.9 Å². The lowest BCUT2D eigenvalue weighted by molar-refractivity contribution is 0.122. The highest BCUT2D eigenvalue weighted by Crippen LogP contribution is 2.19. The summed E-state index contributed by atoms with van der Waals surface area (Å²) in [4.78, 5) is 15.8. The zero-order valence-electron chi connectivity index (χ0n) is 15.6. The summed E-state index contributed by atoms with van der Waals surface area (Å²) < 4.78 is 0. The number of hydrogen-bond donors (Lipinski definition) is 1. The fourth-order valence-corrected chi connectivity index (χ4v) is 3.34. The third-order valence-electron chi connectivity index (χ3n) is 4.88. The number of benzene rings is 2. The maximum absolute atomic E-state index is 13.1. The van der Waals surface area contributed by atoms with Gasteiger partial charge in [-0.1, -0.05) is 77.1 Å². The van der Waals surface area contributed by atoms with Crippen LogP contribution in [0.1, 0.15) is 11.1 Å². The van der Waals surface area contributed by atoms with Crippen molar-refractivity contribution in [2.75, 3.05) is 6.54 Å². The Morgan fingerprint density at radius 1 is 1.11 bits per heavy atom. The lowest BCUT2D eigenvalue weighted by atomic mass is 10.0. The molecule has 0 saturated carbocycles. The lowest BCUT2D eigenvalue weighted by Crippen LogP contribution is -2.49. The summed E-state index contributed by atoms with van der Waals surface area (Å²) in [6.45, 7) is 2.24. The Kier molecular flexibility index (Phi) is 5.04. The summed E-state index contributed by atoms with van der Waals surface area (Å²) in [6, 6.07) is 17.4. The van der Waals surface area contributed by atoms with Crippen molar-refractivity contribution in [3.8, 4) is 11.3 Å². The summed E-state index contributed by atoms with van der Waals surface area (Å²) >= 11 is 0. The molecule has 1 N–H and O–H groups in total. The standard InChI is InChI=1S/C22H22N4O2/c1-16-7-9-18(10-8-16)21-14-23-26(24-21)22(28)25-15-20(27)12-11-19(25)13-17-5-3-2-4-6-17/h2-12,14,19-20,27H,13,15H2,1H3/t19-,20+/m1/s1. The van der Waals surface area contributed by atoms with Gasteiger partial charge in [-0.25, -0.2) is 4.79 Å². The summed E-state index contributed by atoms with van der Waals surface area (Å²) in [7, 11) is 0. The molecule has 0 unspecified atom stereocenters. The van der Waals surface area contributed by atoms with Crippen molar-refractivity contribution < 1.29 is 9.90 Å². The normalized spacial score (nSPS) is 19.0. The number of aryl methyl sites for hydroxylation is 1. The highest BCUT2D eigenvalue weighted by atomic mass is 16.3. The monoisotopic (exact) mass is 374 g/mol. The molecule has 2 heterocycles. The molecule has 2 atom stereocenters. The molecule has 0 saturated heterocycles. The van der Waals surface area contributed by atoms with Gasteiger partial charge in [0, 0.05) is 5.56 Å². The molecule has 6 heteroatoms. The van der Waals surface area contributed by atoms with Crippen molar-refractivity contribution in [2.45, 2.75) is 25.5 Å². The number of β-amino-alcohol motifs (C(OH)–C–C–N with tert-alkyl or cyclic N) is 1. The van der Waals surface area contributed by atoms with Crippen molar-refractivity contribution in [3.05, 3.63) is 84.1 Å². The maximum Gasteiger partial charge on any atom is 0.362 e. The van der Waals surface area contributed by atoms with Crippen molar-refractivity contribution in [2.24, 2.45) is 0 Å². The van der Waals surface area contributed by atoms with Gasteiger partial charge in [-0.15, -0.1) is 5.10 Å². The highest BCUT2D eigenvalue weighted by molar-refractivity contribution is 5.76. The molecule has 0 radical (unpaired) electrons. The predicted molar refractivity (Wildman–Crippen MR) is 107 cm³/mol. The Hall–Kier alpha value is -3.25. The summed E-state index contributed by atoms with van der Waals surface area (Å²) in [6.07, 6.45) is 5.19. The van der Waals surface area contributed by atoms with Gasteiger partial charge in [0.1, 0.15) is 5.69 Å². The first kappa shape index (κ1) is 18.1. The minimum atomic E-state index is -0.692. The smallest absolute Gasteiger partial charge is 0.362 e. The fraction of sp³-hybridized carbons (Fsp3) is 0.227. The average molecular weight is 374 g/mol. The van der Waals surface area contributed by atoms with Gasteiger partial charge in [0.15, 0.2) is 0 Å². The van der Waals surface area contributed by atoms with Crippen LogP contribution in [-0.2, 0) is 6.42 Å². The molecule has 1 amide bonds. The molecular formula is C22H22N4O2. The minimum Gasteiger partial charge on any atom is -0.387 e. The minimum absolute atomic E-state index is 0.160. The molecule has 0 fully saturated rings. The topological polar surface area (TPSA) is 71.2 Å². The Bertz CT molecular complexity index is 979. The Labute approximate surface area is 163 Å². The van der Waals surface area contributed by atoms with E-state index in [2.05, 4.69) is 10.2 Å². The van der Waals surface area contributed by atoms with Crippen LogP contribution in [0, 0.1) is 6.92 Å². The third kappa shape index (κ3) is 3.87. The second kappa shape index (κ2) is 7.78. The zero-order chi connectivity index (χ0) is 19.5. The summed E-state index contributed by atoms with van der Waals surface area (Å²) in [5, 5.41) is 18.6. The van der Waals surface area contributed by atoms with Crippen LogP contribution in [0.15, 0.2) is 72.9 Å². The van der Waals surface area contributed by atoms with Crippen LogP contribution >= 0.6 is 0 Å². The Morgan fingerprint density at radius 2 is 1.86 bits per heavy atom. The van der Waals surface area contributed by atoms with Crippen LogP contribution in [0.4, 0.5) is 4.79 Å². The van der Waals surface area contributed by atoms with E-state index in [0.717, 1.165) is 21.5 Å². The molecule has 28 heavy (non-hydrogen) atoms. The number of carbonyl (C=O) groups excluding carboxylic acids is 1. The van der Waals surface area contributed by atoms with Crippen LogP contribution < -0.4 is 0 Å². The molecule has 0 spiro atoms. The van der Waals surface area contributed by atoms with Gasteiger partial charge >= 0.3 is 6.03 Å². The number of hydrogen-bond acceptors (Lipinski definition) is 4. The predicted octanol–water partition coefficient (Wildman–Crippen LogP) is 3.07. The van der Waals surface area contributed by atoms with Gasteiger partial charge in [0.25, 0.3) is 0 Å². The molecule has 1 aliphatic heterocycles. The van der Waals surface area contributed by atoms with E-state index in [0.29, 0.717) is 12.1 Å². The quantitative estimate of drug-likeness (QED) is 0.715. The van der Waals surface area contributed by atoms with Crippen molar-refractivity contribution >= 4 is 6.03 Å². The first-order valence-corrected chi connectivity index (χ1v) is 9.31. The molecular weight excluding hydrogens is 352 g/mol. The first-order valence-electron chi connectivity index (χ1n) is 9.31. The molecule has 2 aromatic carbocycles. The molecule has 6 nitrogen and oxygen atoms in total. The van der Waals surface area contributed by atoms with E-state index in [4.69, 9.17) is 0 Å². The van der Waals surface area contributed by atoms with Crippen LogP contribution in [0.25, 0.3) is 11.3 Å². The average Bonchev–Trinajstić information content (AvgIpc) is 3.20. The van der Waals surface area contributed by atoms with E-state index >= 15 is 0 Å².